The molecule has 4 nitrogen and oxygen atoms in total. The van der Waals surface area contributed by atoms with E-state index in [9.17, 15) is 14.0 Å². The number of carbonyl (C=O) groups excluding carboxylic acids is 2. The number of anilines is 1. The molecule has 0 bridgehead atoms. The highest BCUT2D eigenvalue weighted by Gasteiger charge is 2.20. The highest BCUT2D eigenvalue weighted by Crippen LogP contribution is 2.32. The number of hydrogen-bond acceptors (Lipinski definition) is 3. The highest BCUT2D eigenvalue weighted by molar-refractivity contribution is 7.16. The van der Waals surface area contributed by atoms with Crippen LogP contribution in [0.3, 0.4) is 0 Å². The third-order valence-electron chi connectivity index (χ3n) is 3.17. The minimum absolute atomic E-state index is 0.244. The van der Waals surface area contributed by atoms with Gasteiger partial charge in [-0.15, -0.1) is 11.3 Å². The van der Waals surface area contributed by atoms with E-state index in [1.54, 1.807) is 7.05 Å². The Bertz CT molecular complexity index is 692. The standard InChI is InChI=1S/C15H15FN2O2S/c1-8-9(2)21-15(12(8)14(20)17-3)18-13(19)10-4-6-11(16)7-5-10/h4-7H,1-3H3,(H,17,20)(H,18,19). The molecule has 0 saturated heterocycles. The summed E-state index contributed by atoms with van der Waals surface area (Å²) in [6.07, 6.45) is 0. The molecule has 2 N–H and O–H groups in total. The number of rotatable bonds is 3. The lowest BCUT2D eigenvalue weighted by Gasteiger charge is -2.06. The van der Waals surface area contributed by atoms with Crippen LogP contribution in [0, 0.1) is 19.7 Å². The molecule has 2 amide bonds. The van der Waals surface area contributed by atoms with Gasteiger partial charge in [-0.05, 0) is 43.7 Å². The number of aryl methyl sites for hydroxylation is 1. The fourth-order valence-corrected chi connectivity index (χ4v) is 2.94. The van der Waals surface area contributed by atoms with Gasteiger partial charge in [0.25, 0.3) is 11.8 Å². The molecule has 21 heavy (non-hydrogen) atoms. The summed E-state index contributed by atoms with van der Waals surface area (Å²) < 4.78 is 12.9. The minimum Gasteiger partial charge on any atom is -0.355 e. The number of nitrogens with one attached hydrogen (secondary N) is 2. The van der Waals surface area contributed by atoms with Crippen molar-refractivity contribution in [2.24, 2.45) is 0 Å². The Kier molecular flexibility index (Phi) is 4.37. The summed E-state index contributed by atoms with van der Waals surface area (Å²) in [5, 5.41) is 5.78. The van der Waals surface area contributed by atoms with Crippen LogP contribution in [-0.4, -0.2) is 18.9 Å². The molecule has 0 saturated carbocycles. The van der Waals surface area contributed by atoms with Crippen LogP contribution in [0.2, 0.25) is 0 Å². The van der Waals surface area contributed by atoms with Crippen molar-refractivity contribution in [2.45, 2.75) is 13.8 Å². The van der Waals surface area contributed by atoms with E-state index in [0.29, 0.717) is 16.1 Å². The molecule has 110 valence electrons. The van der Waals surface area contributed by atoms with E-state index >= 15 is 0 Å². The number of amides is 2. The highest BCUT2D eigenvalue weighted by atomic mass is 32.1. The van der Waals surface area contributed by atoms with Gasteiger partial charge in [-0.3, -0.25) is 9.59 Å². The summed E-state index contributed by atoms with van der Waals surface area (Å²) in [7, 11) is 1.54. The Balaban J connectivity index is 2.31. The first kappa shape index (κ1) is 15.2. The first-order valence-corrected chi connectivity index (χ1v) is 7.14. The van der Waals surface area contributed by atoms with Gasteiger partial charge in [-0.2, -0.15) is 0 Å². The normalized spacial score (nSPS) is 10.3. The first-order chi connectivity index (χ1) is 9.93. The summed E-state index contributed by atoms with van der Waals surface area (Å²) >= 11 is 1.34. The van der Waals surface area contributed by atoms with Crippen LogP contribution in [0.1, 0.15) is 31.2 Å². The average Bonchev–Trinajstić information content (AvgIpc) is 2.73. The van der Waals surface area contributed by atoms with E-state index in [1.807, 2.05) is 13.8 Å². The average molecular weight is 306 g/mol. The minimum atomic E-state index is -0.402. The zero-order chi connectivity index (χ0) is 15.6. The van der Waals surface area contributed by atoms with Crippen LogP contribution < -0.4 is 10.6 Å². The molecule has 0 aliphatic heterocycles. The molecule has 1 heterocycles. The maximum absolute atomic E-state index is 12.9. The van der Waals surface area contributed by atoms with E-state index in [4.69, 9.17) is 0 Å². The molecule has 0 aliphatic rings. The van der Waals surface area contributed by atoms with Gasteiger partial charge in [-0.1, -0.05) is 0 Å². The van der Waals surface area contributed by atoms with Gasteiger partial charge in [-0.25, -0.2) is 4.39 Å². The number of benzene rings is 1. The van der Waals surface area contributed by atoms with Crippen LogP contribution in [0.15, 0.2) is 24.3 Å². The third kappa shape index (κ3) is 3.11. The number of carbonyl (C=O) groups is 2. The quantitative estimate of drug-likeness (QED) is 0.915. The van der Waals surface area contributed by atoms with Gasteiger partial charge >= 0.3 is 0 Å². The van der Waals surface area contributed by atoms with Gasteiger partial charge in [0.05, 0.1) is 5.56 Å². The zero-order valence-electron chi connectivity index (χ0n) is 11.9. The van der Waals surface area contributed by atoms with Crippen molar-refractivity contribution < 1.29 is 14.0 Å². The monoisotopic (exact) mass is 306 g/mol. The summed E-state index contributed by atoms with van der Waals surface area (Å²) in [5.41, 5.74) is 1.65. The topological polar surface area (TPSA) is 58.2 Å². The largest absolute Gasteiger partial charge is 0.355 e. The Morgan fingerprint density at radius 1 is 1.10 bits per heavy atom. The lowest BCUT2D eigenvalue weighted by molar-refractivity contribution is 0.0963. The number of halogens is 1. The van der Waals surface area contributed by atoms with Crippen molar-refractivity contribution in [1.29, 1.82) is 0 Å². The molecule has 2 aromatic rings. The molecule has 0 unspecified atom stereocenters. The van der Waals surface area contributed by atoms with Crippen LogP contribution in [0.4, 0.5) is 9.39 Å². The second-order valence-electron chi connectivity index (χ2n) is 4.53. The van der Waals surface area contributed by atoms with Gasteiger partial charge in [0, 0.05) is 17.5 Å². The van der Waals surface area contributed by atoms with Crippen molar-refractivity contribution in [1.82, 2.24) is 5.32 Å². The Morgan fingerprint density at radius 2 is 1.71 bits per heavy atom. The fraction of sp³-hybridized carbons (Fsp3) is 0.200. The van der Waals surface area contributed by atoms with Gasteiger partial charge in [0.15, 0.2) is 0 Å². The first-order valence-electron chi connectivity index (χ1n) is 6.33. The molecule has 0 spiro atoms. The molecule has 6 heteroatoms. The molecular formula is C15H15FN2O2S. The third-order valence-corrected chi connectivity index (χ3v) is 4.30. The van der Waals surface area contributed by atoms with Gasteiger partial charge < -0.3 is 10.6 Å². The molecule has 1 aromatic carbocycles. The predicted octanol–water partition coefficient (Wildman–Crippen LogP) is 3.12. The smallest absolute Gasteiger partial charge is 0.256 e. The molecule has 0 atom stereocenters. The van der Waals surface area contributed by atoms with Crippen LogP contribution >= 0.6 is 11.3 Å². The molecule has 0 aliphatic carbocycles. The van der Waals surface area contributed by atoms with E-state index in [1.165, 1.54) is 35.6 Å². The molecule has 1 aromatic heterocycles. The van der Waals surface area contributed by atoms with E-state index in [2.05, 4.69) is 10.6 Å². The lowest BCUT2D eigenvalue weighted by atomic mass is 10.1. The summed E-state index contributed by atoms with van der Waals surface area (Å²) in [5.74, 6) is -1.02. The summed E-state index contributed by atoms with van der Waals surface area (Å²) in [4.78, 5) is 25.0. The summed E-state index contributed by atoms with van der Waals surface area (Å²) in [6.45, 7) is 3.73. The van der Waals surface area contributed by atoms with Crippen molar-refractivity contribution in [3.63, 3.8) is 0 Å². The Hall–Kier alpha value is -2.21. The van der Waals surface area contributed by atoms with E-state index < -0.39 is 5.82 Å². The lowest BCUT2D eigenvalue weighted by Crippen LogP contribution is -2.21. The van der Waals surface area contributed by atoms with Crippen LogP contribution in [0.25, 0.3) is 0 Å². The number of thiophene rings is 1. The van der Waals surface area contributed by atoms with Crippen molar-refractivity contribution >= 4 is 28.2 Å². The predicted molar refractivity (Wildman–Crippen MR) is 81.5 cm³/mol. The van der Waals surface area contributed by atoms with E-state index in [0.717, 1.165) is 10.4 Å². The van der Waals surface area contributed by atoms with Crippen LogP contribution in [-0.2, 0) is 0 Å². The Morgan fingerprint density at radius 3 is 2.29 bits per heavy atom. The van der Waals surface area contributed by atoms with Crippen molar-refractivity contribution in [3.05, 3.63) is 51.7 Å². The van der Waals surface area contributed by atoms with Crippen LogP contribution in [0.5, 0.6) is 0 Å². The summed E-state index contributed by atoms with van der Waals surface area (Å²) in [6, 6.07) is 5.24. The van der Waals surface area contributed by atoms with Crippen molar-refractivity contribution in [3.8, 4) is 0 Å². The van der Waals surface area contributed by atoms with E-state index in [-0.39, 0.29) is 11.8 Å². The molecule has 0 radical (unpaired) electrons. The molecule has 2 rings (SSSR count). The van der Waals surface area contributed by atoms with Crippen molar-refractivity contribution in [2.75, 3.05) is 12.4 Å². The second kappa shape index (κ2) is 6.05. The second-order valence-corrected chi connectivity index (χ2v) is 5.75. The molecular weight excluding hydrogens is 291 g/mol. The maximum atomic E-state index is 12.9. The van der Waals surface area contributed by atoms with Gasteiger partial charge in [0.2, 0.25) is 0 Å². The fourth-order valence-electron chi connectivity index (χ4n) is 1.89. The zero-order valence-corrected chi connectivity index (χ0v) is 12.7. The molecule has 0 fully saturated rings. The Labute approximate surface area is 126 Å². The number of hydrogen-bond donors (Lipinski definition) is 2. The van der Waals surface area contributed by atoms with Gasteiger partial charge in [0.1, 0.15) is 10.8 Å². The maximum Gasteiger partial charge on any atom is 0.256 e. The SMILES string of the molecule is CNC(=O)c1c(NC(=O)c2ccc(F)cc2)sc(C)c1C.